The predicted octanol–water partition coefficient (Wildman–Crippen LogP) is 0.887. The van der Waals surface area contributed by atoms with Gasteiger partial charge in [-0.3, -0.25) is 4.90 Å². The van der Waals surface area contributed by atoms with Gasteiger partial charge in [0.25, 0.3) is 0 Å². The Morgan fingerprint density at radius 3 is 2.11 bits per heavy atom. The lowest BCUT2D eigenvalue weighted by Crippen LogP contribution is -2.45. The number of ether oxygens (including phenoxy) is 1. The molecule has 1 aliphatic heterocycles. The summed E-state index contributed by atoms with van der Waals surface area (Å²) in [6, 6.07) is 0.961. The van der Waals surface area contributed by atoms with Gasteiger partial charge in [-0.25, -0.2) is 0 Å². The van der Waals surface area contributed by atoms with Gasteiger partial charge in [0.05, 0.1) is 13.2 Å². The van der Waals surface area contributed by atoms with Gasteiger partial charge in [0.1, 0.15) is 0 Å². The Hall–Kier alpha value is -0.0800. The summed E-state index contributed by atoms with van der Waals surface area (Å²) in [7, 11) is 3.91. The fourth-order valence-electron chi connectivity index (χ4n) is 1.04. The van der Waals surface area contributed by atoms with Crippen molar-refractivity contribution in [2.45, 2.75) is 25.9 Å². The largest absolute Gasteiger partial charge is 0.378 e. The Kier molecular flexibility index (Phi) is 2.09. The minimum absolute atomic E-state index is 0.480. The fourth-order valence-corrected chi connectivity index (χ4v) is 1.04. The molecule has 2 unspecified atom stereocenters. The Bertz CT molecular complexity index is 84.9. The van der Waals surface area contributed by atoms with Crippen LogP contribution in [-0.2, 0) is 4.74 Å². The van der Waals surface area contributed by atoms with Gasteiger partial charge < -0.3 is 4.74 Å². The summed E-state index contributed by atoms with van der Waals surface area (Å²) in [5.41, 5.74) is 0. The highest BCUT2D eigenvalue weighted by Gasteiger charge is 2.20. The van der Waals surface area contributed by atoms with Gasteiger partial charge in [-0.05, 0) is 13.8 Å². The SMILES string of the molecule is [CH2]N1C(C)COCC1C. The molecule has 1 saturated heterocycles. The van der Waals surface area contributed by atoms with E-state index in [9.17, 15) is 0 Å². The third-order valence-corrected chi connectivity index (χ3v) is 1.85. The standard InChI is InChI=1S/C7H14NO/c1-6-4-9-5-7(2)8(6)3/h6-7H,3-5H2,1-2H3. The molecule has 1 rings (SSSR count). The van der Waals surface area contributed by atoms with Crippen molar-refractivity contribution < 1.29 is 4.74 Å². The van der Waals surface area contributed by atoms with Crippen molar-refractivity contribution in [3.8, 4) is 0 Å². The van der Waals surface area contributed by atoms with Crippen molar-refractivity contribution in [2.24, 2.45) is 0 Å². The number of morpholine rings is 1. The number of hydrogen-bond acceptors (Lipinski definition) is 2. The summed E-state index contributed by atoms with van der Waals surface area (Å²) in [6.07, 6.45) is 0. The van der Waals surface area contributed by atoms with Crippen molar-refractivity contribution in [2.75, 3.05) is 13.2 Å². The summed E-state index contributed by atoms with van der Waals surface area (Å²) in [5, 5.41) is 0. The Morgan fingerprint density at radius 2 is 1.78 bits per heavy atom. The van der Waals surface area contributed by atoms with E-state index < -0.39 is 0 Å². The van der Waals surface area contributed by atoms with Crippen molar-refractivity contribution in [1.82, 2.24) is 4.90 Å². The maximum absolute atomic E-state index is 5.28. The first kappa shape index (κ1) is 7.03. The lowest BCUT2D eigenvalue weighted by atomic mass is 10.2. The molecule has 9 heavy (non-hydrogen) atoms. The van der Waals surface area contributed by atoms with Gasteiger partial charge in [0.2, 0.25) is 0 Å². The maximum atomic E-state index is 5.28. The topological polar surface area (TPSA) is 12.5 Å². The van der Waals surface area contributed by atoms with Crippen LogP contribution in [0.4, 0.5) is 0 Å². The van der Waals surface area contributed by atoms with E-state index in [1.54, 1.807) is 0 Å². The Labute approximate surface area is 56.8 Å². The predicted molar refractivity (Wildman–Crippen MR) is 36.9 cm³/mol. The zero-order valence-corrected chi connectivity index (χ0v) is 6.13. The third-order valence-electron chi connectivity index (χ3n) is 1.85. The molecule has 0 spiro atoms. The quantitative estimate of drug-likeness (QED) is 0.480. The molecule has 0 saturated carbocycles. The van der Waals surface area contributed by atoms with E-state index in [1.165, 1.54) is 0 Å². The van der Waals surface area contributed by atoms with Gasteiger partial charge in [0.15, 0.2) is 0 Å². The molecule has 2 heteroatoms. The van der Waals surface area contributed by atoms with Gasteiger partial charge in [-0.2, -0.15) is 0 Å². The molecule has 1 heterocycles. The Morgan fingerprint density at radius 1 is 1.33 bits per heavy atom. The molecule has 0 aromatic rings. The highest BCUT2D eigenvalue weighted by atomic mass is 16.5. The van der Waals surface area contributed by atoms with Crippen LogP contribution in [0.3, 0.4) is 0 Å². The zero-order chi connectivity index (χ0) is 6.85. The van der Waals surface area contributed by atoms with E-state index in [0.29, 0.717) is 12.1 Å². The highest BCUT2D eigenvalue weighted by molar-refractivity contribution is 4.76. The van der Waals surface area contributed by atoms with E-state index >= 15 is 0 Å². The molecule has 0 N–H and O–H groups in total. The van der Waals surface area contributed by atoms with Crippen molar-refractivity contribution in [3.63, 3.8) is 0 Å². The molecular formula is C7H14NO. The van der Waals surface area contributed by atoms with Crippen LogP contribution in [0.1, 0.15) is 13.8 Å². The van der Waals surface area contributed by atoms with Gasteiger partial charge in [-0.1, -0.05) is 0 Å². The lowest BCUT2D eigenvalue weighted by molar-refractivity contribution is -0.0134. The van der Waals surface area contributed by atoms with E-state index in [0.717, 1.165) is 13.2 Å². The minimum Gasteiger partial charge on any atom is -0.378 e. The van der Waals surface area contributed by atoms with Crippen LogP contribution >= 0.6 is 0 Å². The van der Waals surface area contributed by atoms with Gasteiger partial charge in [0, 0.05) is 19.1 Å². The van der Waals surface area contributed by atoms with Crippen LogP contribution in [0.2, 0.25) is 0 Å². The molecule has 1 aliphatic rings. The number of rotatable bonds is 0. The molecule has 53 valence electrons. The third kappa shape index (κ3) is 1.43. The molecule has 0 bridgehead atoms. The first-order chi connectivity index (χ1) is 4.22. The van der Waals surface area contributed by atoms with Crippen LogP contribution in [0.5, 0.6) is 0 Å². The van der Waals surface area contributed by atoms with E-state index in [4.69, 9.17) is 4.74 Å². The van der Waals surface area contributed by atoms with E-state index in [2.05, 4.69) is 25.8 Å². The van der Waals surface area contributed by atoms with Crippen molar-refractivity contribution in [3.05, 3.63) is 7.05 Å². The summed E-state index contributed by atoms with van der Waals surface area (Å²) in [4.78, 5) is 2.10. The first-order valence-corrected chi connectivity index (χ1v) is 3.38. The van der Waals surface area contributed by atoms with Crippen molar-refractivity contribution >= 4 is 0 Å². The molecule has 2 nitrogen and oxygen atoms in total. The van der Waals surface area contributed by atoms with E-state index in [-0.39, 0.29) is 0 Å². The smallest absolute Gasteiger partial charge is 0.0620 e. The Balaban J connectivity index is 2.41. The molecule has 1 radical (unpaired) electrons. The van der Waals surface area contributed by atoms with Crippen LogP contribution in [0.25, 0.3) is 0 Å². The molecule has 0 aromatic carbocycles. The van der Waals surface area contributed by atoms with E-state index in [1.807, 2.05) is 0 Å². The van der Waals surface area contributed by atoms with Crippen LogP contribution in [0.15, 0.2) is 0 Å². The summed E-state index contributed by atoms with van der Waals surface area (Å²) in [6.45, 7) is 5.91. The van der Waals surface area contributed by atoms with Crippen LogP contribution in [0, 0.1) is 7.05 Å². The minimum atomic E-state index is 0.480. The zero-order valence-electron chi connectivity index (χ0n) is 6.13. The average molecular weight is 128 g/mol. The average Bonchev–Trinajstić information content (AvgIpc) is 1.83. The van der Waals surface area contributed by atoms with Crippen molar-refractivity contribution in [1.29, 1.82) is 0 Å². The molecule has 0 aromatic heterocycles. The maximum Gasteiger partial charge on any atom is 0.0620 e. The van der Waals surface area contributed by atoms with Crippen LogP contribution in [-0.4, -0.2) is 30.2 Å². The number of hydrogen-bond donors (Lipinski definition) is 0. The molecule has 1 fully saturated rings. The molecule has 0 amide bonds. The van der Waals surface area contributed by atoms with Gasteiger partial charge in [-0.15, -0.1) is 0 Å². The second kappa shape index (κ2) is 2.67. The molecule has 2 atom stereocenters. The molecular weight excluding hydrogens is 114 g/mol. The summed E-state index contributed by atoms with van der Waals surface area (Å²) >= 11 is 0. The normalized spacial score (nSPS) is 39.0. The highest BCUT2D eigenvalue weighted by Crippen LogP contribution is 2.09. The first-order valence-electron chi connectivity index (χ1n) is 3.38. The fraction of sp³-hybridized carbons (Fsp3) is 0.857. The lowest BCUT2D eigenvalue weighted by Gasteiger charge is -2.35. The molecule has 0 aliphatic carbocycles. The summed E-state index contributed by atoms with van der Waals surface area (Å²) < 4.78 is 5.28. The number of nitrogens with zero attached hydrogens (tertiary/aromatic N) is 1. The second-order valence-corrected chi connectivity index (χ2v) is 2.75. The van der Waals surface area contributed by atoms with Crippen LogP contribution < -0.4 is 0 Å². The van der Waals surface area contributed by atoms with Gasteiger partial charge >= 0.3 is 0 Å². The monoisotopic (exact) mass is 128 g/mol. The second-order valence-electron chi connectivity index (χ2n) is 2.75. The summed E-state index contributed by atoms with van der Waals surface area (Å²) in [5.74, 6) is 0.